The molecular formula is C19H20ClN5O3S2. The number of hydrogen-bond acceptors (Lipinski definition) is 6. The van der Waals surface area contributed by atoms with Crippen molar-refractivity contribution in [2.45, 2.75) is 35.7 Å². The monoisotopic (exact) mass is 465 g/mol. The van der Waals surface area contributed by atoms with Crippen LogP contribution in [0.5, 0.6) is 0 Å². The molecule has 0 radical (unpaired) electrons. The summed E-state index contributed by atoms with van der Waals surface area (Å²) >= 11 is 7.24. The van der Waals surface area contributed by atoms with Crippen molar-refractivity contribution >= 4 is 45.0 Å². The third kappa shape index (κ3) is 5.20. The maximum Gasteiger partial charge on any atom is 0.238 e. The van der Waals surface area contributed by atoms with E-state index in [-0.39, 0.29) is 10.8 Å². The molecule has 158 valence electrons. The number of hydrogen-bond donors (Lipinski definition) is 2. The fourth-order valence-electron chi connectivity index (χ4n) is 2.66. The normalized spacial score (nSPS) is 12.5. The van der Waals surface area contributed by atoms with E-state index in [4.69, 9.17) is 16.7 Å². The summed E-state index contributed by atoms with van der Waals surface area (Å²) in [4.78, 5) is 12.5. The number of carbonyl (C=O) groups excluding carboxylic acids is 1. The zero-order valence-electron chi connectivity index (χ0n) is 16.2. The lowest BCUT2D eigenvalue weighted by Crippen LogP contribution is -2.23. The van der Waals surface area contributed by atoms with Gasteiger partial charge < -0.3 is 9.88 Å². The number of thioether (sulfide) groups is 1. The van der Waals surface area contributed by atoms with Crippen LogP contribution >= 0.6 is 23.4 Å². The molecule has 0 saturated heterocycles. The van der Waals surface area contributed by atoms with Crippen LogP contribution in [0.3, 0.4) is 0 Å². The van der Waals surface area contributed by atoms with E-state index >= 15 is 0 Å². The van der Waals surface area contributed by atoms with E-state index in [0.29, 0.717) is 28.2 Å². The Balaban J connectivity index is 1.71. The summed E-state index contributed by atoms with van der Waals surface area (Å²) in [6, 6.07) is 13.0. The van der Waals surface area contributed by atoms with Gasteiger partial charge in [0.1, 0.15) is 0 Å². The molecule has 0 bridgehead atoms. The van der Waals surface area contributed by atoms with E-state index < -0.39 is 15.3 Å². The second-order valence-electron chi connectivity index (χ2n) is 6.38. The first-order valence-corrected chi connectivity index (χ1v) is 11.8. The highest BCUT2D eigenvalue weighted by molar-refractivity contribution is 8.00. The van der Waals surface area contributed by atoms with Crippen molar-refractivity contribution in [1.29, 1.82) is 0 Å². The van der Waals surface area contributed by atoms with E-state index in [9.17, 15) is 13.2 Å². The summed E-state index contributed by atoms with van der Waals surface area (Å²) < 4.78 is 24.6. The fourth-order valence-corrected chi connectivity index (χ4v) is 4.21. The number of benzene rings is 2. The lowest BCUT2D eigenvalue weighted by molar-refractivity contribution is -0.115. The smallest absolute Gasteiger partial charge is 0.238 e. The molecule has 0 fully saturated rings. The lowest BCUT2D eigenvalue weighted by Gasteiger charge is -2.13. The van der Waals surface area contributed by atoms with Crippen LogP contribution in [0.25, 0.3) is 11.4 Å². The molecule has 3 N–H and O–H groups in total. The quantitative estimate of drug-likeness (QED) is 0.516. The molecule has 0 aliphatic carbocycles. The topological polar surface area (TPSA) is 120 Å². The van der Waals surface area contributed by atoms with Gasteiger partial charge in [0.05, 0.1) is 10.1 Å². The zero-order chi connectivity index (χ0) is 21.9. The number of aromatic nitrogens is 3. The first-order chi connectivity index (χ1) is 14.2. The number of rotatable bonds is 7. The summed E-state index contributed by atoms with van der Waals surface area (Å²) in [6.07, 6.45) is 0. The molecule has 8 nitrogen and oxygen atoms in total. The van der Waals surface area contributed by atoms with Crippen LogP contribution in [-0.2, 0) is 21.4 Å². The molecule has 1 amide bonds. The summed E-state index contributed by atoms with van der Waals surface area (Å²) in [5.41, 5.74) is 1.35. The number of primary sulfonamides is 1. The van der Waals surface area contributed by atoms with Crippen LogP contribution in [0.2, 0.25) is 5.02 Å². The lowest BCUT2D eigenvalue weighted by atomic mass is 10.2. The Morgan fingerprint density at radius 2 is 1.80 bits per heavy atom. The minimum atomic E-state index is -3.78. The maximum atomic E-state index is 12.6. The van der Waals surface area contributed by atoms with Gasteiger partial charge in [-0.15, -0.1) is 10.2 Å². The van der Waals surface area contributed by atoms with Gasteiger partial charge in [-0.05, 0) is 62.4 Å². The Bertz CT molecular complexity index is 1150. The highest BCUT2D eigenvalue weighted by Crippen LogP contribution is 2.28. The van der Waals surface area contributed by atoms with Gasteiger partial charge in [0.25, 0.3) is 0 Å². The Morgan fingerprint density at radius 3 is 2.37 bits per heavy atom. The molecule has 1 aromatic heterocycles. The number of halogens is 1. The molecular weight excluding hydrogens is 446 g/mol. The Kier molecular flexibility index (Phi) is 6.81. The molecule has 0 saturated carbocycles. The van der Waals surface area contributed by atoms with Crippen LogP contribution in [0.1, 0.15) is 13.8 Å². The van der Waals surface area contributed by atoms with E-state index in [1.54, 1.807) is 19.1 Å². The van der Waals surface area contributed by atoms with Gasteiger partial charge in [-0.25, -0.2) is 13.6 Å². The molecule has 11 heteroatoms. The van der Waals surface area contributed by atoms with Crippen molar-refractivity contribution in [3.8, 4) is 11.4 Å². The van der Waals surface area contributed by atoms with Gasteiger partial charge in [-0.3, -0.25) is 4.79 Å². The Morgan fingerprint density at radius 1 is 1.17 bits per heavy atom. The molecule has 2 aromatic carbocycles. The standard InChI is InChI=1S/C19H20ClN5O3S2/c1-3-25-17(13-4-6-14(20)7-5-13)23-24-19(25)29-12(2)18(26)22-15-8-10-16(11-9-15)30(21,27)28/h4-12H,3H2,1-2H3,(H,22,26)(H2,21,27,28)/t12-/m1/s1. The third-order valence-corrected chi connectivity index (χ3v) is 6.50. The van der Waals surface area contributed by atoms with Gasteiger partial charge in [0.15, 0.2) is 11.0 Å². The van der Waals surface area contributed by atoms with E-state index in [0.717, 1.165) is 5.56 Å². The average molecular weight is 466 g/mol. The van der Waals surface area contributed by atoms with Gasteiger partial charge in [0.2, 0.25) is 15.9 Å². The predicted octanol–water partition coefficient (Wildman–Crippen LogP) is 3.39. The molecule has 3 rings (SSSR count). The summed E-state index contributed by atoms with van der Waals surface area (Å²) in [5.74, 6) is 0.449. The van der Waals surface area contributed by atoms with Gasteiger partial charge in [-0.1, -0.05) is 23.4 Å². The molecule has 0 unspecified atom stereocenters. The highest BCUT2D eigenvalue weighted by Gasteiger charge is 2.20. The van der Waals surface area contributed by atoms with Crippen LogP contribution in [0, 0.1) is 0 Å². The minimum absolute atomic E-state index is 0.0197. The number of amides is 1. The van der Waals surface area contributed by atoms with Crippen molar-refractivity contribution < 1.29 is 13.2 Å². The number of anilines is 1. The molecule has 1 atom stereocenters. The molecule has 3 aromatic rings. The molecule has 1 heterocycles. The molecule has 0 aliphatic heterocycles. The number of nitrogens with one attached hydrogen (secondary N) is 1. The van der Waals surface area contributed by atoms with Gasteiger partial charge >= 0.3 is 0 Å². The van der Waals surface area contributed by atoms with Crippen molar-refractivity contribution in [3.63, 3.8) is 0 Å². The number of sulfonamides is 1. The number of nitrogens with two attached hydrogens (primary N) is 1. The van der Waals surface area contributed by atoms with Crippen LogP contribution in [0.4, 0.5) is 5.69 Å². The first kappa shape index (κ1) is 22.3. The number of carbonyl (C=O) groups is 1. The third-order valence-electron chi connectivity index (χ3n) is 4.24. The van der Waals surface area contributed by atoms with E-state index in [2.05, 4.69) is 15.5 Å². The van der Waals surface area contributed by atoms with Crippen molar-refractivity contribution in [3.05, 3.63) is 53.6 Å². The highest BCUT2D eigenvalue weighted by atomic mass is 35.5. The number of nitrogens with zero attached hydrogens (tertiary/aromatic N) is 3. The Hall–Kier alpha value is -2.40. The molecule has 0 aliphatic rings. The zero-order valence-corrected chi connectivity index (χ0v) is 18.6. The second kappa shape index (κ2) is 9.17. The largest absolute Gasteiger partial charge is 0.325 e. The Labute approximate surface area is 183 Å². The van der Waals surface area contributed by atoms with Crippen LogP contribution in [0.15, 0.2) is 58.6 Å². The van der Waals surface area contributed by atoms with Crippen LogP contribution in [-0.4, -0.2) is 34.3 Å². The van der Waals surface area contributed by atoms with E-state index in [1.165, 1.54) is 36.0 Å². The van der Waals surface area contributed by atoms with E-state index in [1.807, 2.05) is 23.6 Å². The molecule has 0 spiro atoms. The summed E-state index contributed by atoms with van der Waals surface area (Å²) in [7, 11) is -3.78. The van der Waals surface area contributed by atoms with Crippen molar-refractivity contribution in [2.24, 2.45) is 5.14 Å². The predicted molar refractivity (Wildman–Crippen MR) is 118 cm³/mol. The van der Waals surface area contributed by atoms with Crippen molar-refractivity contribution in [2.75, 3.05) is 5.32 Å². The van der Waals surface area contributed by atoms with Gasteiger partial charge in [-0.2, -0.15) is 0 Å². The first-order valence-electron chi connectivity index (χ1n) is 8.98. The fraction of sp³-hybridized carbons (Fsp3) is 0.211. The minimum Gasteiger partial charge on any atom is -0.325 e. The maximum absolute atomic E-state index is 12.6. The summed E-state index contributed by atoms with van der Waals surface area (Å²) in [5, 5.41) is 17.1. The average Bonchev–Trinajstić information content (AvgIpc) is 3.10. The molecule has 30 heavy (non-hydrogen) atoms. The SMILES string of the molecule is CCn1c(S[C@H](C)C(=O)Nc2ccc(S(N)(=O)=O)cc2)nnc1-c1ccc(Cl)cc1. The second-order valence-corrected chi connectivity index (χ2v) is 9.68. The summed E-state index contributed by atoms with van der Waals surface area (Å²) in [6.45, 7) is 4.37. The van der Waals surface area contributed by atoms with Crippen LogP contribution < -0.4 is 10.5 Å². The van der Waals surface area contributed by atoms with Gasteiger partial charge in [0, 0.05) is 22.8 Å². The van der Waals surface area contributed by atoms with Crippen molar-refractivity contribution in [1.82, 2.24) is 14.8 Å².